The highest BCUT2D eigenvalue weighted by molar-refractivity contribution is 6.35. The molecule has 1 aromatic carbocycles. The Morgan fingerprint density at radius 3 is 2.73 bits per heavy atom. The zero-order chi connectivity index (χ0) is 23.7. The minimum atomic E-state index is -0.330. The number of hydrogen-bond donors (Lipinski definition) is 4. The number of fused-ring (bicyclic) bond motifs is 1. The van der Waals surface area contributed by atoms with E-state index in [-0.39, 0.29) is 41.7 Å². The number of nitriles is 1. The Balaban J connectivity index is 1.79. The van der Waals surface area contributed by atoms with Crippen LogP contribution in [0.1, 0.15) is 17.0 Å². The molecule has 0 saturated carbocycles. The third-order valence-corrected chi connectivity index (χ3v) is 5.28. The van der Waals surface area contributed by atoms with Crippen molar-refractivity contribution < 1.29 is 0 Å². The molecule has 0 atom stereocenters. The minimum Gasteiger partial charge on any atom is -0.384 e. The van der Waals surface area contributed by atoms with Crippen molar-refractivity contribution in [2.75, 3.05) is 29.1 Å². The van der Waals surface area contributed by atoms with Crippen molar-refractivity contribution in [1.29, 1.82) is 5.26 Å². The summed E-state index contributed by atoms with van der Waals surface area (Å²) >= 11 is 6.32. The SMILES string of the molecule is Cc1cc(N)ncc1-n1c(CCNc2nc(N)nc(N)c2C#N)nc2cccc(Cl)c2c1=O. The summed E-state index contributed by atoms with van der Waals surface area (Å²) in [5, 5.41) is 13.0. The molecular weight excluding hydrogens is 444 g/mol. The van der Waals surface area contributed by atoms with Gasteiger partial charge < -0.3 is 22.5 Å². The molecule has 11 nitrogen and oxygen atoms in total. The normalized spacial score (nSPS) is 10.8. The summed E-state index contributed by atoms with van der Waals surface area (Å²) in [7, 11) is 0. The number of rotatable bonds is 5. The van der Waals surface area contributed by atoms with Crippen LogP contribution >= 0.6 is 11.6 Å². The quantitative estimate of drug-likeness (QED) is 0.340. The lowest BCUT2D eigenvalue weighted by Gasteiger charge is -2.16. The first kappa shape index (κ1) is 21.8. The topological polar surface area (TPSA) is 187 Å². The highest BCUT2D eigenvalue weighted by Gasteiger charge is 2.17. The number of aryl methyl sites for hydroxylation is 1. The van der Waals surface area contributed by atoms with Crippen molar-refractivity contribution in [1.82, 2.24) is 24.5 Å². The van der Waals surface area contributed by atoms with Crippen LogP contribution in [0.4, 0.5) is 23.4 Å². The van der Waals surface area contributed by atoms with E-state index in [1.807, 2.05) is 13.0 Å². The van der Waals surface area contributed by atoms with Crippen LogP contribution in [0, 0.1) is 18.3 Å². The maximum absolute atomic E-state index is 13.5. The molecule has 0 bridgehead atoms. The van der Waals surface area contributed by atoms with Crippen molar-refractivity contribution >= 4 is 45.9 Å². The Hall–Kier alpha value is -4.43. The van der Waals surface area contributed by atoms with Crippen LogP contribution in [0.3, 0.4) is 0 Å². The van der Waals surface area contributed by atoms with Crippen molar-refractivity contribution in [2.24, 2.45) is 0 Å². The standard InChI is InChI=1S/C21H19ClN10O/c1-10-7-15(24)28-9-14(10)32-16(29-13-4-2-3-12(22)17(13)20(32)33)5-6-27-19-11(8-23)18(25)30-21(26)31-19/h2-4,7,9H,5-6H2,1H3,(H2,24,28)(H5,25,26,27,30,31). The highest BCUT2D eigenvalue weighted by Crippen LogP contribution is 2.23. The molecule has 3 aromatic heterocycles. The molecule has 0 unspecified atom stereocenters. The Labute approximate surface area is 192 Å². The molecule has 0 fully saturated rings. The summed E-state index contributed by atoms with van der Waals surface area (Å²) < 4.78 is 1.46. The summed E-state index contributed by atoms with van der Waals surface area (Å²) in [5.41, 5.74) is 18.7. The molecule has 0 amide bonds. The van der Waals surface area contributed by atoms with E-state index in [9.17, 15) is 10.1 Å². The third-order valence-electron chi connectivity index (χ3n) is 4.97. The van der Waals surface area contributed by atoms with Gasteiger partial charge in [-0.15, -0.1) is 0 Å². The second-order valence-corrected chi connectivity index (χ2v) is 7.58. The van der Waals surface area contributed by atoms with E-state index >= 15 is 0 Å². The number of nitrogens with zero attached hydrogens (tertiary/aromatic N) is 6. The van der Waals surface area contributed by atoms with Gasteiger partial charge in [0.1, 0.15) is 29.1 Å². The summed E-state index contributed by atoms with van der Waals surface area (Å²) in [4.78, 5) is 30.1. The van der Waals surface area contributed by atoms with Crippen molar-refractivity contribution in [3.8, 4) is 11.8 Å². The predicted molar refractivity (Wildman–Crippen MR) is 127 cm³/mol. The van der Waals surface area contributed by atoms with Crippen molar-refractivity contribution in [3.05, 3.63) is 62.8 Å². The maximum Gasteiger partial charge on any atom is 0.267 e. The fourth-order valence-corrected chi connectivity index (χ4v) is 3.73. The van der Waals surface area contributed by atoms with E-state index in [1.54, 1.807) is 24.3 Å². The van der Waals surface area contributed by atoms with Gasteiger partial charge in [-0.05, 0) is 30.7 Å². The van der Waals surface area contributed by atoms with Crippen LogP contribution in [-0.2, 0) is 6.42 Å². The second kappa shape index (κ2) is 8.60. The van der Waals surface area contributed by atoms with Crippen LogP contribution in [-0.4, -0.2) is 31.0 Å². The molecular formula is C21H19ClN10O. The van der Waals surface area contributed by atoms with Gasteiger partial charge in [-0.1, -0.05) is 17.7 Å². The molecule has 7 N–H and O–H groups in total. The second-order valence-electron chi connectivity index (χ2n) is 7.18. The molecule has 0 aliphatic heterocycles. The molecule has 0 radical (unpaired) electrons. The number of aromatic nitrogens is 5. The minimum absolute atomic E-state index is 0.0218. The summed E-state index contributed by atoms with van der Waals surface area (Å²) in [5.74, 6) is 0.901. The van der Waals surface area contributed by atoms with Crippen LogP contribution in [0.2, 0.25) is 5.02 Å². The monoisotopic (exact) mass is 462 g/mol. The highest BCUT2D eigenvalue weighted by atomic mass is 35.5. The van der Waals surface area contributed by atoms with Gasteiger partial charge >= 0.3 is 0 Å². The van der Waals surface area contributed by atoms with E-state index in [1.165, 1.54) is 10.8 Å². The van der Waals surface area contributed by atoms with Gasteiger partial charge in [0.15, 0.2) is 5.82 Å². The predicted octanol–water partition coefficient (Wildman–Crippen LogP) is 1.81. The number of pyridine rings is 1. The van der Waals surface area contributed by atoms with Gasteiger partial charge in [-0.3, -0.25) is 9.36 Å². The van der Waals surface area contributed by atoms with Crippen LogP contribution < -0.4 is 28.1 Å². The molecule has 4 rings (SSSR count). The van der Waals surface area contributed by atoms with Crippen LogP contribution in [0.15, 0.2) is 35.3 Å². The average molecular weight is 463 g/mol. The van der Waals surface area contributed by atoms with Gasteiger partial charge in [-0.25, -0.2) is 9.97 Å². The molecule has 0 saturated heterocycles. The lowest BCUT2D eigenvalue weighted by molar-refractivity contribution is 0.803. The summed E-state index contributed by atoms with van der Waals surface area (Å²) in [6, 6.07) is 8.71. The Kier molecular flexibility index (Phi) is 5.68. The Bertz CT molecular complexity index is 1490. The zero-order valence-electron chi connectivity index (χ0n) is 17.5. The number of nitrogen functional groups attached to an aromatic ring is 3. The molecule has 33 heavy (non-hydrogen) atoms. The number of benzene rings is 1. The fraction of sp³-hybridized carbons (Fsp3) is 0.143. The summed E-state index contributed by atoms with van der Waals surface area (Å²) in [6.45, 7) is 2.09. The smallest absolute Gasteiger partial charge is 0.267 e. The fourth-order valence-electron chi connectivity index (χ4n) is 3.48. The van der Waals surface area contributed by atoms with Gasteiger partial charge in [-0.2, -0.15) is 15.2 Å². The van der Waals surface area contributed by atoms with Gasteiger partial charge in [0.2, 0.25) is 5.95 Å². The Morgan fingerprint density at radius 2 is 2.00 bits per heavy atom. The molecule has 0 aliphatic carbocycles. The molecule has 3 heterocycles. The van der Waals surface area contributed by atoms with Crippen molar-refractivity contribution in [3.63, 3.8) is 0 Å². The first-order valence-corrected chi connectivity index (χ1v) is 10.2. The molecule has 0 aliphatic rings. The van der Waals surface area contributed by atoms with Crippen LogP contribution in [0.5, 0.6) is 0 Å². The molecule has 4 aromatic rings. The van der Waals surface area contributed by atoms with Gasteiger partial charge in [0.05, 0.1) is 27.8 Å². The first-order valence-electron chi connectivity index (χ1n) is 9.79. The van der Waals surface area contributed by atoms with E-state index in [2.05, 4.69) is 25.3 Å². The number of hydrogen-bond acceptors (Lipinski definition) is 10. The number of halogens is 1. The van der Waals surface area contributed by atoms with E-state index in [4.69, 9.17) is 28.8 Å². The van der Waals surface area contributed by atoms with Crippen LogP contribution in [0.25, 0.3) is 16.6 Å². The number of nitrogens with two attached hydrogens (primary N) is 3. The third kappa shape index (κ3) is 4.07. The lowest BCUT2D eigenvalue weighted by atomic mass is 10.2. The van der Waals surface area contributed by atoms with Crippen molar-refractivity contribution in [2.45, 2.75) is 13.3 Å². The van der Waals surface area contributed by atoms with Gasteiger partial charge in [0, 0.05) is 13.0 Å². The summed E-state index contributed by atoms with van der Waals surface area (Å²) in [6.07, 6.45) is 1.81. The van der Waals surface area contributed by atoms with E-state index in [0.29, 0.717) is 33.3 Å². The largest absolute Gasteiger partial charge is 0.384 e. The van der Waals surface area contributed by atoms with E-state index in [0.717, 1.165) is 5.56 Å². The van der Waals surface area contributed by atoms with Gasteiger partial charge in [0.25, 0.3) is 5.56 Å². The van der Waals surface area contributed by atoms with E-state index < -0.39 is 0 Å². The number of nitrogens with one attached hydrogen (secondary N) is 1. The zero-order valence-corrected chi connectivity index (χ0v) is 18.3. The molecule has 12 heteroatoms. The Morgan fingerprint density at radius 1 is 1.21 bits per heavy atom. The molecule has 0 spiro atoms. The maximum atomic E-state index is 13.5. The lowest BCUT2D eigenvalue weighted by Crippen LogP contribution is -2.26. The average Bonchev–Trinajstić information content (AvgIpc) is 2.74. The number of anilines is 4. The molecule has 166 valence electrons. The first-order chi connectivity index (χ1) is 15.8.